The Bertz CT molecular complexity index is 338. The second-order valence-corrected chi connectivity index (χ2v) is 4.16. The van der Waals surface area contributed by atoms with Gasteiger partial charge in [0.1, 0.15) is 12.4 Å². The lowest BCUT2D eigenvalue weighted by atomic mass is 10.2. The lowest BCUT2D eigenvalue weighted by Gasteiger charge is -2.07. The van der Waals surface area contributed by atoms with Gasteiger partial charge in [0.05, 0.1) is 0 Å². The lowest BCUT2D eigenvalue weighted by molar-refractivity contribution is 0.359. The van der Waals surface area contributed by atoms with Crippen molar-refractivity contribution in [2.75, 3.05) is 13.2 Å². The first-order valence-electron chi connectivity index (χ1n) is 5.48. The molecule has 0 bridgehead atoms. The molecule has 0 radical (unpaired) electrons. The Labute approximate surface area is 102 Å². The summed E-state index contributed by atoms with van der Waals surface area (Å²) in [5, 5.41) is 3.85. The standard InChI is InChI=1S/C13H18ClNO/c1-3-7-15-9-12-5-4-6-13(8-12)16-10-11(2)14/h4-6,8,15H,2-3,7,9-10H2,1H3. The summed E-state index contributed by atoms with van der Waals surface area (Å²) in [6.07, 6.45) is 1.14. The third-order valence-electron chi connectivity index (χ3n) is 2.05. The Balaban J connectivity index is 2.46. The Hall–Kier alpha value is -0.990. The average molecular weight is 240 g/mol. The highest BCUT2D eigenvalue weighted by atomic mass is 35.5. The lowest BCUT2D eigenvalue weighted by Crippen LogP contribution is -2.13. The summed E-state index contributed by atoms with van der Waals surface area (Å²) in [4.78, 5) is 0. The van der Waals surface area contributed by atoms with Crippen LogP contribution in [0.1, 0.15) is 18.9 Å². The predicted molar refractivity (Wildman–Crippen MR) is 68.9 cm³/mol. The maximum atomic E-state index is 5.64. The zero-order valence-electron chi connectivity index (χ0n) is 9.63. The van der Waals surface area contributed by atoms with E-state index >= 15 is 0 Å². The number of rotatable bonds is 7. The molecule has 0 atom stereocenters. The fourth-order valence-corrected chi connectivity index (χ4v) is 1.37. The zero-order valence-corrected chi connectivity index (χ0v) is 10.4. The van der Waals surface area contributed by atoms with Gasteiger partial charge in [0.2, 0.25) is 0 Å². The van der Waals surface area contributed by atoms with E-state index in [0.717, 1.165) is 25.3 Å². The molecule has 1 aromatic carbocycles. The largest absolute Gasteiger partial charge is 0.488 e. The molecule has 0 saturated carbocycles. The van der Waals surface area contributed by atoms with Crippen molar-refractivity contribution >= 4 is 11.6 Å². The Morgan fingerprint density at radius 2 is 2.31 bits per heavy atom. The maximum Gasteiger partial charge on any atom is 0.123 e. The van der Waals surface area contributed by atoms with E-state index in [1.54, 1.807) is 0 Å². The van der Waals surface area contributed by atoms with Crippen LogP contribution in [0, 0.1) is 0 Å². The van der Waals surface area contributed by atoms with E-state index in [-0.39, 0.29) is 0 Å². The quantitative estimate of drug-likeness (QED) is 0.737. The highest BCUT2D eigenvalue weighted by Gasteiger charge is 1.97. The SMILES string of the molecule is C=C(Cl)COc1cccc(CNCCC)c1. The van der Waals surface area contributed by atoms with Crippen LogP contribution in [-0.4, -0.2) is 13.2 Å². The highest BCUT2D eigenvalue weighted by molar-refractivity contribution is 6.29. The molecule has 0 heterocycles. The summed E-state index contributed by atoms with van der Waals surface area (Å²) >= 11 is 5.64. The second kappa shape index (κ2) is 7.31. The van der Waals surface area contributed by atoms with Crippen LogP contribution in [0.15, 0.2) is 35.9 Å². The van der Waals surface area contributed by atoms with Crippen molar-refractivity contribution in [3.8, 4) is 5.75 Å². The van der Waals surface area contributed by atoms with Gasteiger partial charge in [-0.15, -0.1) is 0 Å². The first-order valence-corrected chi connectivity index (χ1v) is 5.86. The van der Waals surface area contributed by atoms with Crippen LogP contribution >= 0.6 is 11.6 Å². The molecular weight excluding hydrogens is 222 g/mol. The van der Waals surface area contributed by atoms with Gasteiger partial charge >= 0.3 is 0 Å². The molecule has 0 aliphatic rings. The average Bonchev–Trinajstić information content (AvgIpc) is 2.27. The van der Waals surface area contributed by atoms with Crippen LogP contribution in [0.4, 0.5) is 0 Å². The molecule has 88 valence electrons. The minimum atomic E-state index is 0.355. The first-order chi connectivity index (χ1) is 7.72. The van der Waals surface area contributed by atoms with Crippen molar-refractivity contribution in [1.29, 1.82) is 0 Å². The molecule has 0 aromatic heterocycles. The normalized spacial score (nSPS) is 10.1. The summed E-state index contributed by atoms with van der Waals surface area (Å²) in [5.41, 5.74) is 1.21. The van der Waals surface area contributed by atoms with Crippen LogP contribution in [-0.2, 0) is 6.54 Å². The van der Waals surface area contributed by atoms with Gasteiger partial charge in [0, 0.05) is 11.6 Å². The van der Waals surface area contributed by atoms with Gasteiger partial charge in [0.25, 0.3) is 0 Å². The van der Waals surface area contributed by atoms with Gasteiger partial charge in [-0.3, -0.25) is 0 Å². The third kappa shape index (κ3) is 5.19. The molecule has 0 aliphatic carbocycles. The minimum Gasteiger partial charge on any atom is -0.488 e. The van der Waals surface area contributed by atoms with Gasteiger partial charge in [-0.25, -0.2) is 0 Å². The maximum absolute atomic E-state index is 5.64. The molecule has 1 rings (SSSR count). The smallest absolute Gasteiger partial charge is 0.123 e. The zero-order chi connectivity index (χ0) is 11.8. The van der Waals surface area contributed by atoms with E-state index in [9.17, 15) is 0 Å². The van der Waals surface area contributed by atoms with Crippen LogP contribution in [0.2, 0.25) is 0 Å². The molecule has 2 nitrogen and oxygen atoms in total. The number of hydrogen-bond donors (Lipinski definition) is 1. The highest BCUT2D eigenvalue weighted by Crippen LogP contribution is 2.14. The monoisotopic (exact) mass is 239 g/mol. The number of halogens is 1. The van der Waals surface area contributed by atoms with E-state index in [1.807, 2.05) is 18.2 Å². The Morgan fingerprint density at radius 3 is 3.00 bits per heavy atom. The van der Waals surface area contributed by atoms with Crippen molar-refractivity contribution in [3.05, 3.63) is 41.4 Å². The van der Waals surface area contributed by atoms with Crippen molar-refractivity contribution in [1.82, 2.24) is 5.32 Å². The molecule has 3 heteroatoms. The van der Waals surface area contributed by atoms with Crippen LogP contribution in [0.3, 0.4) is 0 Å². The predicted octanol–water partition coefficient (Wildman–Crippen LogP) is 3.32. The molecule has 0 fully saturated rings. The van der Waals surface area contributed by atoms with Crippen LogP contribution in [0.5, 0.6) is 5.75 Å². The van der Waals surface area contributed by atoms with Gasteiger partial charge in [-0.05, 0) is 30.7 Å². The summed E-state index contributed by atoms with van der Waals surface area (Å²) in [5.74, 6) is 0.831. The van der Waals surface area contributed by atoms with Crippen molar-refractivity contribution in [3.63, 3.8) is 0 Å². The molecule has 1 N–H and O–H groups in total. The van der Waals surface area contributed by atoms with Gasteiger partial charge in [-0.1, -0.05) is 37.2 Å². The van der Waals surface area contributed by atoms with E-state index in [4.69, 9.17) is 16.3 Å². The molecule has 0 saturated heterocycles. The fourth-order valence-electron chi connectivity index (χ4n) is 1.32. The summed E-state index contributed by atoms with van der Waals surface area (Å²) in [7, 11) is 0. The molecule has 16 heavy (non-hydrogen) atoms. The number of nitrogens with one attached hydrogen (secondary N) is 1. The molecular formula is C13H18ClNO. The van der Waals surface area contributed by atoms with Gasteiger partial charge in [-0.2, -0.15) is 0 Å². The van der Waals surface area contributed by atoms with Gasteiger partial charge < -0.3 is 10.1 Å². The Kier molecular flexibility index (Phi) is 5.98. The number of ether oxygens (including phenoxy) is 1. The topological polar surface area (TPSA) is 21.3 Å². The summed E-state index contributed by atoms with van der Waals surface area (Å²) in [6.45, 7) is 7.99. The first kappa shape index (κ1) is 13.1. The molecule has 0 amide bonds. The molecule has 1 aromatic rings. The van der Waals surface area contributed by atoms with Crippen molar-refractivity contribution in [2.24, 2.45) is 0 Å². The Morgan fingerprint density at radius 1 is 1.50 bits per heavy atom. The van der Waals surface area contributed by atoms with E-state index in [0.29, 0.717) is 11.6 Å². The number of hydrogen-bond acceptors (Lipinski definition) is 2. The molecule has 0 spiro atoms. The fraction of sp³-hybridized carbons (Fsp3) is 0.385. The van der Waals surface area contributed by atoms with E-state index in [2.05, 4.69) is 24.9 Å². The van der Waals surface area contributed by atoms with E-state index < -0.39 is 0 Å². The molecule has 0 unspecified atom stereocenters. The van der Waals surface area contributed by atoms with Crippen LogP contribution < -0.4 is 10.1 Å². The van der Waals surface area contributed by atoms with Gasteiger partial charge in [0.15, 0.2) is 0 Å². The second-order valence-electron chi connectivity index (χ2n) is 3.63. The summed E-state index contributed by atoms with van der Waals surface area (Å²) in [6, 6.07) is 7.99. The van der Waals surface area contributed by atoms with Crippen LogP contribution in [0.25, 0.3) is 0 Å². The number of benzene rings is 1. The van der Waals surface area contributed by atoms with Crippen molar-refractivity contribution < 1.29 is 4.74 Å². The molecule has 0 aliphatic heterocycles. The minimum absolute atomic E-state index is 0.355. The van der Waals surface area contributed by atoms with Crippen molar-refractivity contribution in [2.45, 2.75) is 19.9 Å². The third-order valence-corrected chi connectivity index (χ3v) is 2.16. The van der Waals surface area contributed by atoms with E-state index in [1.165, 1.54) is 5.56 Å². The summed E-state index contributed by atoms with van der Waals surface area (Å²) < 4.78 is 5.46.